The van der Waals surface area contributed by atoms with Gasteiger partial charge < -0.3 is 10.2 Å². The van der Waals surface area contributed by atoms with Gasteiger partial charge in [0.05, 0.1) is 0 Å². The number of carbonyl (C=O) groups excluding carboxylic acids is 1. The molecule has 26 heavy (non-hydrogen) atoms. The Balaban J connectivity index is 1.83. The van der Waals surface area contributed by atoms with Crippen molar-refractivity contribution in [3.8, 4) is 0 Å². The van der Waals surface area contributed by atoms with Crippen LogP contribution in [-0.2, 0) is 0 Å². The van der Waals surface area contributed by atoms with Crippen LogP contribution in [0.15, 0.2) is 30.3 Å². The quantitative estimate of drug-likeness (QED) is 0.878. The van der Waals surface area contributed by atoms with Gasteiger partial charge in [-0.05, 0) is 43.2 Å². The molecule has 1 fully saturated rings. The second kappa shape index (κ2) is 7.85. The molecule has 1 amide bonds. The minimum atomic E-state index is 0.00240. The molecule has 1 aliphatic rings. The lowest BCUT2D eigenvalue weighted by Crippen LogP contribution is -2.38. The normalized spacial score (nSPS) is 15.3. The Hall–Kier alpha value is -2.43. The number of aryl methyl sites for hydroxylation is 1. The Morgan fingerprint density at radius 1 is 1.19 bits per heavy atom. The number of aromatic nitrogens is 2. The number of nitrogens with zero attached hydrogens (tertiary/aromatic N) is 3. The van der Waals surface area contributed by atoms with Crippen molar-refractivity contribution in [2.45, 2.75) is 46.5 Å². The Morgan fingerprint density at radius 3 is 2.58 bits per heavy atom. The van der Waals surface area contributed by atoms with E-state index in [2.05, 4.69) is 42.1 Å². The third-order valence-electron chi connectivity index (χ3n) is 4.97. The summed E-state index contributed by atoms with van der Waals surface area (Å²) in [4.78, 5) is 23.6. The highest BCUT2D eigenvalue weighted by Crippen LogP contribution is 2.26. The molecule has 0 radical (unpaired) electrons. The highest BCUT2D eigenvalue weighted by Gasteiger charge is 2.23. The van der Waals surface area contributed by atoms with Crippen molar-refractivity contribution in [2.75, 3.05) is 18.4 Å². The summed E-state index contributed by atoms with van der Waals surface area (Å²) in [5, 5.41) is 3.38. The number of carbonyl (C=O) groups is 1. The first-order valence-electron chi connectivity index (χ1n) is 9.45. The fourth-order valence-corrected chi connectivity index (χ4v) is 3.37. The van der Waals surface area contributed by atoms with Crippen molar-refractivity contribution in [1.82, 2.24) is 14.9 Å². The fourth-order valence-electron chi connectivity index (χ4n) is 3.37. The number of hydrogen-bond donors (Lipinski definition) is 1. The molecule has 0 bridgehead atoms. The van der Waals surface area contributed by atoms with E-state index in [0.717, 1.165) is 31.6 Å². The van der Waals surface area contributed by atoms with Gasteiger partial charge in [-0.15, -0.1) is 0 Å². The summed E-state index contributed by atoms with van der Waals surface area (Å²) >= 11 is 0. The van der Waals surface area contributed by atoms with Crippen LogP contribution in [0.25, 0.3) is 0 Å². The van der Waals surface area contributed by atoms with Crippen LogP contribution in [-0.4, -0.2) is 33.9 Å². The summed E-state index contributed by atoms with van der Waals surface area (Å²) in [6.45, 7) is 10.0. The van der Waals surface area contributed by atoms with Crippen molar-refractivity contribution in [2.24, 2.45) is 5.92 Å². The molecule has 1 aliphatic heterocycles. The molecule has 1 aromatic carbocycles. The average Bonchev–Trinajstić information content (AvgIpc) is 2.61. The van der Waals surface area contributed by atoms with Gasteiger partial charge in [0.2, 0.25) is 0 Å². The van der Waals surface area contributed by atoms with E-state index in [4.69, 9.17) is 0 Å². The van der Waals surface area contributed by atoms with E-state index < -0.39 is 0 Å². The number of benzene rings is 1. The topological polar surface area (TPSA) is 58.1 Å². The van der Waals surface area contributed by atoms with E-state index in [1.807, 2.05) is 30.0 Å². The number of para-hydroxylation sites is 1. The molecule has 138 valence electrons. The van der Waals surface area contributed by atoms with Crippen molar-refractivity contribution >= 4 is 17.4 Å². The zero-order valence-electron chi connectivity index (χ0n) is 16.1. The molecule has 3 rings (SSSR count). The third-order valence-corrected chi connectivity index (χ3v) is 4.97. The predicted molar refractivity (Wildman–Crippen MR) is 105 cm³/mol. The minimum absolute atomic E-state index is 0.00240. The fraction of sp³-hybridized carbons (Fsp3) is 0.476. The lowest BCUT2D eigenvalue weighted by atomic mass is 9.99. The van der Waals surface area contributed by atoms with Crippen molar-refractivity contribution in [1.29, 1.82) is 0 Å². The van der Waals surface area contributed by atoms with E-state index in [-0.39, 0.29) is 5.91 Å². The van der Waals surface area contributed by atoms with Gasteiger partial charge in [0.25, 0.3) is 5.91 Å². The van der Waals surface area contributed by atoms with Crippen LogP contribution in [0, 0.1) is 12.8 Å². The second-order valence-electron chi connectivity index (χ2n) is 7.53. The number of anilines is 2. The van der Waals surface area contributed by atoms with Gasteiger partial charge in [-0.3, -0.25) is 4.79 Å². The van der Waals surface area contributed by atoms with E-state index >= 15 is 0 Å². The van der Waals surface area contributed by atoms with Gasteiger partial charge in [-0.25, -0.2) is 9.97 Å². The predicted octanol–water partition coefficient (Wildman–Crippen LogP) is 4.52. The van der Waals surface area contributed by atoms with Gasteiger partial charge in [0.1, 0.15) is 17.3 Å². The smallest absolute Gasteiger partial charge is 0.272 e. The molecule has 0 atom stereocenters. The van der Waals surface area contributed by atoms with E-state index in [1.54, 1.807) is 6.07 Å². The summed E-state index contributed by atoms with van der Waals surface area (Å²) in [5.41, 5.74) is 2.71. The molecule has 0 spiro atoms. The standard InChI is InChI=1S/C21H28N4O/c1-14(2)17-7-5-6-8-18(17)24-20-13-19(22-16(4)23-20)21(26)25-11-9-15(3)10-12-25/h5-8,13-15H,9-12H2,1-4H3,(H,22,23,24). The van der Waals surface area contributed by atoms with Crippen LogP contribution in [0.2, 0.25) is 0 Å². The zero-order valence-corrected chi connectivity index (χ0v) is 16.1. The van der Waals surface area contributed by atoms with Crippen molar-refractivity contribution in [3.05, 3.63) is 47.4 Å². The number of likely N-dealkylation sites (tertiary alicyclic amines) is 1. The highest BCUT2D eigenvalue weighted by molar-refractivity contribution is 5.93. The first-order chi connectivity index (χ1) is 12.4. The highest BCUT2D eigenvalue weighted by atomic mass is 16.2. The largest absolute Gasteiger partial charge is 0.340 e. The molecule has 0 unspecified atom stereocenters. The van der Waals surface area contributed by atoms with Crippen LogP contribution in [0.4, 0.5) is 11.5 Å². The third kappa shape index (κ3) is 4.21. The van der Waals surface area contributed by atoms with Gasteiger partial charge in [0.15, 0.2) is 0 Å². The molecule has 1 N–H and O–H groups in total. The Labute approximate surface area is 155 Å². The van der Waals surface area contributed by atoms with E-state index in [0.29, 0.717) is 29.2 Å². The molecule has 1 aromatic heterocycles. The summed E-state index contributed by atoms with van der Waals surface area (Å²) < 4.78 is 0. The van der Waals surface area contributed by atoms with Crippen LogP contribution >= 0.6 is 0 Å². The number of rotatable bonds is 4. The van der Waals surface area contributed by atoms with Crippen LogP contribution in [0.3, 0.4) is 0 Å². The first kappa shape index (κ1) is 18.4. The van der Waals surface area contributed by atoms with Crippen molar-refractivity contribution < 1.29 is 4.79 Å². The van der Waals surface area contributed by atoms with Gasteiger partial charge in [-0.2, -0.15) is 0 Å². The molecule has 5 heteroatoms. The van der Waals surface area contributed by atoms with Crippen molar-refractivity contribution in [3.63, 3.8) is 0 Å². The molecular weight excluding hydrogens is 324 g/mol. The van der Waals surface area contributed by atoms with E-state index in [9.17, 15) is 4.79 Å². The second-order valence-corrected chi connectivity index (χ2v) is 7.53. The molecule has 1 saturated heterocycles. The molecular formula is C21H28N4O. The lowest BCUT2D eigenvalue weighted by molar-refractivity contribution is 0.0691. The number of piperidine rings is 1. The molecule has 2 heterocycles. The first-order valence-corrected chi connectivity index (χ1v) is 9.45. The molecule has 5 nitrogen and oxygen atoms in total. The SMILES string of the molecule is Cc1nc(Nc2ccccc2C(C)C)cc(C(=O)N2CCC(C)CC2)n1. The van der Waals surface area contributed by atoms with Crippen LogP contribution in [0.5, 0.6) is 0 Å². The molecule has 0 aliphatic carbocycles. The zero-order chi connectivity index (χ0) is 18.7. The monoisotopic (exact) mass is 352 g/mol. The van der Waals surface area contributed by atoms with E-state index in [1.165, 1.54) is 5.56 Å². The number of nitrogens with one attached hydrogen (secondary N) is 1. The summed E-state index contributed by atoms with van der Waals surface area (Å²) in [7, 11) is 0. The Morgan fingerprint density at radius 2 is 1.88 bits per heavy atom. The maximum atomic E-state index is 12.8. The lowest BCUT2D eigenvalue weighted by Gasteiger charge is -2.30. The minimum Gasteiger partial charge on any atom is -0.340 e. The maximum absolute atomic E-state index is 12.8. The molecule has 2 aromatic rings. The Kier molecular flexibility index (Phi) is 5.55. The summed E-state index contributed by atoms with van der Waals surface area (Å²) in [6, 6.07) is 9.97. The molecule has 0 saturated carbocycles. The summed E-state index contributed by atoms with van der Waals surface area (Å²) in [6.07, 6.45) is 2.12. The Bertz CT molecular complexity index is 779. The number of amides is 1. The van der Waals surface area contributed by atoms with Gasteiger partial charge >= 0.3 is 0 Å². The maximum Gasteiger partial charge on any atom is 0.272 e. The average molecular weight is 352 g/mol. The van der Waals surface area contributed by atoms with Gasteiger partial charge in [0, 0.05) is 24.8 Å². The summed E-state index contributed by atoms with van der Waals surface area (Å²) in [5.74, 6) is 2.36. The van der Waals surface area contributed by atoms with Crippen LogP contribution < -0.4 is 5.32 Å². The van der Waals surface area contributed by atoms with Gasteiger partial charge in [-0.1, -0.05) is 39.0 Å². The van der Waals surface area contributed by atoms with Crippen LogP contribution in [0.1, 0.15) is 61.4 Å². The number of hydrogen-bond acceptors (Lipinski definition) is 4.